The molecule has 0 aromatic carbocycles. The summed E-state index contributed by atoms with van der Waals surface area (Å²) >= 11 is 0. The minimum Gasteiger partial charge on any atom is -0.358 e. The lowest BCUT2D eigenvalue weighted by molar-refractivity contribution is -0.385. The molecule has 4 amide bonds. The van der Waals surface area contributed by atoms with Gasteiger partial charge in [-0.1, -0.05) is 0 Å². The number of nitro groups is 2. The molecule has 0 saturated carbocycles. The maximum Gasteiger partial charge on any atom is 0.333 e. The predicted molar refractivity (Wildman–Crippen MR) is 121 cm³/mol. The average Bonchev–Trinajstić information content (AvgIpc) is 2.82. The van der Waals surface area contributed by atoms with Crippen LogP contribution in [0.4, 0.5) is 32.6 Å². The Balaban J connectivity index is 1.60. The highest BCUT2D eigenvalue weighted by molar-refractivity contribution is 5.80. The summed E-state index contributed by atoms with van der Waals surface area (Å²) < 4.78 is 0. The molecule has 16 heteroatoms. The van der Waals surface area contributed by atoms with Gasteiger partial charge >= 0.3 is 12.1 Å². The molecular formula is C18H24N10O6. The number of likely N-dealkylation sites (N-methyl/N-ethyl adjacent to an activating group) is 2. The van der Waals surface area contributed by atoms with Crippen molar-refractivity contribution in [3.05, 3.63) is 56.9 Å². The fraction of sp³-hybridized carbons (Fsp3) is 0.333. The highest BCUT2D eigenvalue weighted by atomic mass is 16.6. The number of hydrogen-bond donors (Lipinski definition) is 4. The molecule has 2 aromatic heterocycles. The van der Waals surface area contributed by atoms with E-state index in [1.807, 2.05) is 0 Å². The van der Waals surface area contributed by atoms with Gasteiger partial charge in [-0.05, 0) is 12.1 Å². The third-order valence-corrected chi connectivity index (χ3v) is 4.42. The number of hydrazine groups is 1. The molecule has 16 nitrogen and oxygen atoms in total. The molecule has 0 radical (unpaired) electrons. The van der Waals surface area contributed by atoms with Gasteiger partial charge in [0.1, 0.15) is 24.0 Å². The molecule has 0 aliphatic rings. The SMILES string of the molecule is CN(CCNC(=O)NNC(=O)NCCN(C)c1ccc([N+](=O)[O-])cn1)c1ccc([N+](=O)[O-])cn1. The van der Waals surface area contributed by atoms with Crippen LogP contribution in [-0.4, -0.2) is 72.2 Å². The Bertz CT molecular complexity index is 920. The summed E-state index contributed by atoms with van der Waals surface area (Å²) in [6.45, 7) is 1.18. The Labute approximate surface area is 193 Å². The summed E-state index contributed by atoms with van der Waals surface area (Å²) in [7, 11) is 3.42. The van der Waals surface area contributed by atoms with Crippen molar-refractivity contribution in [1.82, 2.24) is 31.5 Å². The van der Waals surface area contributed by atoms with Gasteiger partial charge in [-0.25, -0.2) is 30.4 Å². The van der Waals surface area contributed by atoms with Crippen molar-refractivity contribution in [3.8, 4) is 0 Å². The van der Waals surface area contributed by atoms with Gasteiger partial charge in [0.25, 0.3) is 11.4 Å². The van der Waals surface area contributed by atoms with Gasteiger partial charge in [-0.3, -0.25) is 20.2 Å². The average molecular weight is 476 g/mol. The topological polar surface area (TPSA) is 201 Å². The number of anilines is 2. The Morgan fingerprint density at radius 1 is 0.794 bits per heavy atom. The Kier molecular flexibility index (Phi) is 9.24. The van der Waals surface area contributed by atoms with E-state index in [1.165, 1.54) is 24.3 Å². The van der Waals surface area contributed by atoms with Gasteiger partial charge in [-0.2, -0.15) is 0 Å². The number of urea groups is 2. The highest BCUT2D eigenvalue weighted by Crippen LogP contribution is 2.15. The van der Waals surface area contributed by atoms with Gasteiger partial charge in [-0.15, -0.1) is 0 Å². The monoisotopic (exact) mass is 476 g/mol. The third-order valence-electron chi connectivity index (χ3n) is 4.42. The van der Waals surface area contributed by atoms with E-state index in [2.05, 4.69) is 31.5 Å². The molecule has 0 unspecified atom stereocenters. The number of nitrogens with zero attached hydrogens (tertiary/aromatic N) is 6. The van der Waals surface area contributed by atoms with E-state index in [9.17, 15) is 29.8 Å². The molecule has 0 aliphatic heterocycles. The molecule has 2 heterocycles. The van der Waals surface area contributed by atoms with Crippen LogP contribution in [0.5, 0.6) is 0 Å². The van der Waals surface area contributed by atoms with Crippen LogP contribution in [0.25, 0.3) is 0 Å². The second-order valence-electron chi connectivity index (χ2n) is 6.87. The Morgan fingerprint density at radius 2 is 1.18 bits per heavy atom. The molecule has 0 fully saturated rings. The second kappa shape index (κ2) is 12.3. The normalized spacial score (nSPS) is 10.1. The summed E-state index contributed by atoms with van der Waals surface area (Å²) in [5.41, 5.74) is 4.15. The van der Waals surface area contributed by atoms with Crippen LogP contribution in [0.15, 0.2) is 36.7 Å². The zero-order valence-electron chi connectivity index (χ0n) is 18.4. The first-order chi connectivity index (χ1) is 16.2. The quantitative estimate of drug-likeness (QED) is 0.274. The van der Waals surface area contributed by atoms with Gasteiger partial charge < -0.3 is 20.4 Å². The number of carbonyl (C=O) groups excluding carboxylic acids is 2. The van der Waals surface area contributed by atoms with Crippen molar-refractivity contribution in [2.45, 2.75) is 0 Å². The minimum absolute atomic E-state index is 0.117. The maximum absolute atomic E-state index is 11.8. The first kappa shape index (κ1) is 25.5. The molecule has 4 N–H and O–H groups in total. The van der Waals surface area contributed by atoms with Crippen molar-refractivity contribution in [2.75, 3.05) is 50.1 Å². The summed E-state index contributed by atoms with van der Waals surface area (Å²) in [5.74, 6) is 0.999. The molecular weight excluding hydrogens is 452 g/mol. The zero-order chi connectivity index (χ0) is 25.1. The largest absolute Gasteiger partial charge is 0.358 e. The van der Waals surface area contributed by atoms with Crippen molar-refractivity contribution in [1.29, 1.82) is 0 Å². The van der Waals surface area contributed by atoms with E-state index in [0.29, 0.717) is 24.7 Å². The minimum atomic E-state index is -0.632. The fourth-order valence-corrected chi connectivity index (χ4v) is 2.53. The summed E-state index contributed by atoms with van der Waals surface area (Å²) in [6, 6.07) is 4.40. The van der Waals surface area contributed by atoms with Crippen LogP contribution < -0.4 is 31.3 Å². The molecule has 0 bridgehead atoms. The molecule has 0 aliphatic carbocycles. The predicted octanol–water partition coefficient (Wildman–Crippen LogP) is 0.379. The van der Waals surface area contributed by atoms with Crippen molar-refractivity contribution in [3.63, 3.8) is 0 Å². The number of rotatable bonds is 10. The number of amides is 4. The van der Waals surface area contributed by atoms with E-state index >= 15 is 0 Å². The first-order valence-electron chi connectivity index (χ1n) is 9.88. The molecule has 0 saturated heterocycles. The third kappa shape index (κ3) is 8.06. The van der Waals surface area contributed by atoms with E-state index in [1.54, 1.807) is 23.9 Å². The highest BCUT2D eigenvalue weighted by Gasteiger charge is 2.10. The van der Waals surface area contributed by atoms with Crippen LogP contribution in [0, 0.1) is 20.2 Å². The summed E-state index contributed by atoms with van der Waals surface area (Å²) in [5, 5.41) is 26.4. The van der Waals surface area contributed by atoms with Crippen LogP contribution >= 0.6 is 0 Å². The smallest absolute Gasteiger partial charge is 0.333 e. The number of nitrogens with one attached hydrogen (secondary N) is 4. The molecule has 0 atom stereocenters. The standard InChI is InChI=1S/C18H24N10O6/c1-25(15-5-3-13(11-21-15)27(31)32)9-7-19-17(29)23-24-18(30)20-8-10-26(2)16-6-4-14(12-22-16)28(33)34/h3-6,11-12H,7-10H2,1-2H3,(H2,19,23,29)(H2,20,24,30). The van der Waals surface area contributed by atoms with Crippen molar-refractivity contribution < 1.29 is 19.4 Å². The van der Waals surface area contributed by atoms with E-state index in [4.69, 9.17) is 0 Å². The van der Waals surface area contributed by atoms with Crippen molar-refractivity contribution in [2.24, 2.45) is 0 Å². The van der Waals surface area contributed by atoms with Gasteiger partial charge in [0.05, 0.1) is 9.85 Å². The van der Waals surface area contributed by atoms with E-state index < -0.39 is 21.9 Å². The number of hydrogen-bond acceptors (Lipinski definition) is 10. The van der Waals surface area contributed by atoms with Crippen molar-refractivity contribution >= 4 is 35.1 Å². The molecule has 182 valence electrons. The molecule has 0 spiro atoms. The Hall–Kier alpha value is -4.76. The van der Waals surface area contributed by atoms with Gasteiger partial charge in [0.2, 0.25) is 0 Å². The van der Waals surface area contributed by atoms with Crippen LogP contribution in [0.3, 0.4) is 0 Å². The second-order valence-corrected chi connectivity index (χ2v) is 6.87. The fourth-order valence-electron chi connectivity index (χ4n) is 2.53. The van der Waals surface area contributed by atoms with Gasteiger partial charge in [0.15, 0.2) is 0 Å². The maximum atomic E-state index is 11.8. The summed E-state index contributed by atoms with van der Waals surface area (Å²) in [6.07, 6.45) is 2.30. The molecule has 2 rings (SSSR count). The first-order valence-corrected chi connectivity index (χ1v) is 9.88. The van der Waals surface area contributed by atoms with E-state index in [0.717, 1.165) is 12.4 Å². The number of pyridine rings is 2. The lowest BCUT2D eigenvalue weighted by Gasteiger charge is -2.19. The lowest BCUT2D eigenvalue weighted by atomic mass is 10.4. The van der Waals surface area contributed by atoms with E-state index in [-0.39, 0.29) is 24.5 Å². The number of aromatic nitrogens is 2. The molecule has 34 heavy (non-hydrogen) atoms. The Morgan fingerprint density at radius 3 is 1.47 bits per heavy atom. The van der Waals surface area contributed by atoms with Crippen LogP contribution in [0.1, 0.15) is 0 Å². The van der Waals surface area contributed by atoms with Crippen LogP contribution in [0.2, 0.25) is 0 Å². The van der Waals surface area contributed by atoms with Gasteiger partial charge in [0, 0.05) is 52.4 Å². The number of carbonyl (C=O) groups is 2. The zero-order valence-corrected chi connectivity index (χ0v) is 18.4. The summed E-state index contributed by atoms with van der Waals surface area (Å²) in [4.78, 5) is 55.2. The lowest BCUT2D eigenvalue weighted by Crippen LogP contribution is -2.52. The van der Waals surface area contributed by atoms with Crippen LogP contribution in [-0.2, 0) is 0 Å². The molecule has 2 aromatic rings.